The summed E-state index contributed by atoms with van der Waals surface area (Å²) in [4.78, 5) is 28.1. The van der Waals surface area contributed by atoms with Crippen molar-refractivity contribution in [1.82, 2.24) is 39.5 Å². The largest absolute Gasteiger partial charge is 0.394 e. The second-order valence-corrected chi connectivity index (χ2v) is 19.1. The molecule has 6 aliphatic rings. The van der Waals surface area contributed by atoms with Crippen molar-refractivity contribution in [3.05, 3.63) is 143 Å². The Labute approximate surface area is 446 Å². The fourth-order valence-corrected chi connectivity index (χ4v) is 10.1. The maximum absolute atomic E-state index is 9.18. The van der Waals surface area contributed by atoms with Crippen molar-refractivity contribution >= 4 is 68.7 Å². The Balaban J connectivity index is 1.18. The van der Waals surface area contributed by atoms with Gasteiger partial charge in [0.05, 0.1) is 75.6 Å². The SMILES string of the molecule is OCCOCCCN1C=CC(c2c3nc(c(C4=CCN(CCCOCCO)C=C4)c4ccc([nH]4)c(C4=CCN(CCCOCCO)C=C4)c4nc(c(C5=CCN(CCCOCCO)C=C5)c5ccc2[nH]5)C=C4)C=C3)=CC1. The molecule has 16 heteroatoms. The summed E-state index contributed by atoms with van der Waals surface area (Å²) in [7, 11) is 0. The van der Waals surface area contributed by atoms with Gasteiger partial charge >= 0.3 is 0 Å². The third-order valence-electron chi connectivity index (χ3n) is 13.8. The molecule has 9 rings (SSSR count). The molecule has 3 aromatic rings. The van der Waals surface area contributed by atoms with E-state index >= 15 is 0 Å². The minimum absolute atomic E-state index is 0.0227. The summed E-state index contributed by atoms with van der Waals surface area (Å²) in [6.07, 6.45) is 38.5. The van der Waals surface area contributed by atoms with Gasteiger partial charge in [0.15, 0.2) is 0 Å². The highest BCUT2D eigenvalue weighted by Crippen LogP contribution is 2.37. The number of allylic oxidation sites excluding steroid dienone is 8. The van der Waals surface area contributed by atoms with Crippen molar-refractivity contribution < 1.29 is 39.4 Å². The average molecular weight is 1040 g/mol. The lowest BCUT2D eigenvalue weighted by Crippen LogP contribution is -2.22. The average Bonchev–Trinajstić information content (AvgIpc) is 4.32. The monoisotopic (exact) mass is 1030 g/mol. The quantitative estimate of drug-likeness (QED) is 0.0279. The molecule has 0 saturated heterocycles. The number of nitrogens with one attached hydrogen (secondary N) is 2. The predicted molar refractivity (Wildman–Crippen MR) is 304 cm³/mol. The summed E-state index contributed by atoms with van der Waals surface area (Å²) in [5.41, 5.74) is 15.4. The molecule has 0 aliphatic carbocycles. The van der Waals surface area contributed by atoms with E-state index in [4.69, 9.17) is 28.9 Å². The van der Waals surface area contributed by atoms with Crippen molar-refractivity contribution in [2.45, 2.75) is 25.7 Å². The molecule has 76 heavy (non-hydrogen) atoms. The Morgan fingerprint density at radius 1 is 0.355 bits per heavy atom. The molecule has 0 spiro atoms. The van der Waals surface area contributed by atoms with Gasteiger partial charge in [0.25, 0.3) is 0 Å². The van der Waals surface area contributed by atoms with E-state index in [9.17, 15) is 20.4 Å². The smallest absolute Gasteiger partial charge is 0.0737 e. The Morgan fingerprint density at radius 3 is 0.816 bits per heavy atom. The van der Waals surface area contributed by atoms with Crippen molar-refractivity contribution in [2.75, 3.05) is 132 Å². The molecule has 0 unspecified atom stereocenters. The zero-order valence-corrected chi connectivity index (χ0v) is 43.6. The number of aromatic amines is 2. The summed E-state index contributed by atoms with van der Waals surface area (Å²) in [6.45, 7) is 10.1. The zero-order chi connectivity index (χ0) is 52.3. The van der Waals surface area contributed by atoms with Gasteiger partial charge in [0.2, 0.25) is 0 Å². The molecule has 0 saturated carbocycles. The summed E-state index contributed by atoms with van der Waals surface area (Å²) in [6, 6.07) is 8.68. The number of nitrogens with zero attached hydrogens (tertiary/aromatic N) is 6. The summed E-state index contributed by atoms with van der Waals surface area (Å²) < 4.78 is 22.2. The van der Waals surface area contributed by atoms with Crippen LogP contribution in [0, 0.1) is 0 Å². The van der Waals surface area contributed by atoms with Crippen LogP contribution in [0.3, 0.4) is 0 Å². The third kappa shape index (κ3) is 14.1. The highest BCUT2D eigenvalue weighted by molar-refractivity contribution is 5.99. The Hall–Kier alpha value is -6.60. The number of aliphatic hydroxyl groups is 4. The van der Waals surface area contributed by atoms with E-state index in [1.165, 1.54) is 0 Å². The lowest BCUT2D eigenvalue weighted by Gasteiger charge is -2.23. The van der Waals surface area contributed by atoms with E-state index in [1.54, 1.807) is 0 Å². The molecule has 0 aromatic carbocycles. The first kappa shape index (κ1) is 54.2. The fourth-order valence-electron chi connectivity index (χ4n) is 10.1. The number of aliphatic hydroxyl groups excluding tert-OH is 4. The van der Waals surface area contributed by atoms with E-state index < -0.39 is 0 Å². The molecule has 6 N–H and O–H groups in total. The molecule has 8 bridgehead atoms. The van der Waals surface area contributed by atoms with Gasteiger partial charge in [-0.25, -0.2) is 9.97 Å². The number of fused-ring (bicyclic) bond motifs is 8. The summed E-state index contributed by atoms with van der Waals surface area (Å²) in [5, 5.41) is 36.7. The van der Waals surface area contributed by atoms with Gasteiger partial charge in [-0.15, -0.1) is 0 Å². The molecule has 0 atom stereocenters. The van der Waals surface area contributed by atoms with Crippen LogP contribution >= 0.6 is 0 Å². The van der Waals surface area contributed by atoms with Crippen molar-refractivity contribution in [3.63, 3.8) is 0 Å². The molecule has 0 fully saturated rings. The number of hydrogen-bond donors (Lipinski definition) is 6. The van der Waals surface area contributed by atoms with Crippen LogP contribution in [-0.4, -0.2) is 192 Å². The Kier molecular flexibility index (Phi) is 19.9. The number of ether oxygens (including phenoxy) is 4. The van der Waals surface area contributed by atoms with Gasteiger partial charge in [-0.1, -0.05) is 24.3 Å². The van der Waals surface area contributed by atoms with Gasteiger partial charge in [0.1, 0.15) is 0 Å². The molecular weight excluding hydrogens is 961 g/mol. The Bertz CT molecular complexity index is 2570. The van der Waals surface area contributed by atoms with E-state index in [-0.39, 0.29) is 26.4 Å². The van der Waals surface area contributed by atoms with Crippen molar-refractivity contribution in [3.8, 4) is 0 Å². The standard InChI is InChI=1S/C60H74N8O8/c69-33-41-73-37-1-21-65-25-13-45(14-26-65)57-49-5-7-51(61-49)58(46-15-27-66(28-16-46)22-2-38-74-42-34-70)53-9-11-55(63-53)60(48-19-31-68(32-20-48)24-4-40-76-44-36-72)56-12-10-54(64-56)59(52-8-6-50(57)62-52)47-17-29-67(30-18-47)23-3-39-75-43-35-71/h5-20,25,27,29,31,61,64,69-72H,1-4,21-24,26,28,30,32-44H2. The van der Waals surface area contributed by atoms with Gasteiger partial charge < -0.3 is 68.9 Å². The fraction of sp³-hybridized carbons (Fsp3) is 0.400. The van der Waals surface area contributed by atoms with Gasteiger partial charge in [-0.2, -0.15) is 0 Å². The molecular formula is C60H74N8O8. The third-order valence-corrected chi connectivity index (χ3v) is 13.8. The topological polar surface area (TPSA) is 188 Å². The molecule has 6 aliphatic heterocycles. The molecule has 402 valence electrons. The zero-order valence-electron chi connectivity index (χ0n) is 43.6. The van der Waals surface area contributed by atoms with E-state index in [0.717, 1.165) is 167 Å². The van der Waals surface area contributed by atoms with E-state index in [1.807, 2.05) is 0 Å². The number of H-pyrrole nitrogens is 2. The number of hydrogen-bond acceptors (Lipinski definition) is 14. The van der Waals surface area contributed by atoms with Gasteiger partial charge in [-0.3, -0.25) is 0 Å². The molecule has 0 radical (unpaired) electrons. The van der Waals surface area contributed by atoms with Crippen LogP contribution in [-0.2, 0) is 18.9 Å². The molecule has 0 amide bonds. The normalized spacial score (nSPS) is 16.1. The minimum Gasteiger partial charge on any atom is -0.394 e. The highest BCUT2D eigenvalue weighted by Gasteiger charge is 2.22. The summed E-state index contributed by atoms with van der Waals surface area (Å²) in [5.74, 6) is 0. The second-order valence-electron chi connectivity index (χ2n) is 19.1. The number of rotatable bonds is 28. The summed E-state index contributed by atoms with van der Waals surface area (Å²) >= 11 is 0. The molecule has 9 heterocycles. The minimum atomic E-state index is 0.0227. The van der Waals surface area contributed by atoms with Crippen LogP contribution in [0.1, 0.15) is 70.7 Å². The first-order chi connectivity index (χ1) is 37.5. The first-order valence-electron chi connectivity index (χ1n) is 26.9. The molecule has 16 nitrogen and oxygen atoms in total. The second kappa shape index (κ2) is 28.0. The van der Waals surface area contributed by atoms with E-state index in [2.05, 4.69) is 152 Å². The van der Waals surface area contributed by atoms with Gasteiger partial charge in [0, 0.05) is 123 Å². The highest BCUT2D eigenvalue weighted by atomic mass is 16.5. The van der Waals surface area contributed by atoms with Crippen molar-refractivity contribution in [1.29, 1.82) is 0 Å². The van der Waals surface area contributed by atoms with Crippen LogP contribution < -0.4 is 0 Å². The van der Waals surface area contributed by atoms with Crippen molar-refractivity contribution in [2.24, 2.45) is 0 Å². The van der Waals surface area contributed by atoms with E-state index in [0.29, 0.717) is 52.9 Å². The van der Waals surface area contributed by atoms with Crippen LogP contribution in [0.25, 0.3) is 68.7 Å². The lowest BCUT2D eigenvalue weighted by molar-refractivity contribution is 0.0875. The molecule has 3 aromatic heterocycles. The van der Waals surface area contributed by atoms with Crippen LogP contribution in [0.5, 0.6) is 0 Å². The van der Waals surface area contributed by atoms with Crippen LogP contribution in [0.15, 0.2) is 97.7 Å². The maximum atomic E-state index is 9.18. The lowest BCUT2D eigenvalue weighted by atomic mass is 10.0. The van der Waals surface area contributed by atoms with Crippen LogP contribution in [0.2, 0.25) is 0 Å². The van der Waals surface area contributed by atoms with Crippen LogP contribution in [0.4, 0.5) is 0 Å². The number of aromatic nitrogens is 4. The predicted octanol–water partition coefficient (Wildman–Crippen LogP) is 7.10. The first-order valence-corrected chi connectivity index (χ1v) is 26.9. The maximum Gasteiger partial charge on any atom is 0.0737 e. The van der Waals surface area contributed by atoms with Gasteiger partial charge in [-0.05, 0) is 146 Å². The Morgan fingerprint density at radius 2 is 0.605 bits per heavy atom.